The van der Waals surface area contributed by atoms with Gasteiger partial charge in [0.15, 0.2) is 16.7 Å². The summed E-state index contributed by atoms with van der Waals surface area (Å²) in [5.74, 6) is 4.00. The molecule has 0 radical (unpaired) electrons. The molecule has 3 aromatic rings. The molecule has 0 atom stereocenters. The van der Waals surface area contributed by atoms with Crippen LogP contribution in [0.25, 0.3) is 0 Å². The Labute approximate surface area is 181 Å². The molecule has 1 aromatic heterocycles. The average molecular weight is 443 g/mol. The first-order chi connectivity index (χ1) is 14.3. The van der Waals surface area contributed by atoms with Crippen molar-refractivity contribution in [3.8, 4) is 29.4 Å². The van der Waals surface area contributed by atoms with Gasteiger partial charge in [-0.15, -0.1) is 5.92 Å². The number of carbonyl (C=O) groups is 1. The number of benzene rings is 2. The second-order valence-corrected chi connectivity index (χ2v) is 6.83. The Hall–Kier alpha value is -3.52. The van der Waals surface area contributed by atoms with Crippen molar-refractivity contribution in [2.75, 3.05) is 0 Å². The Balaban J connectivity index is 2.00. The zero-order valence-electron chi connectivity index (χ0n) is 15.5. The van der Waals surface area contributed by atoms with Crippen molar-refractivity contribution >= 4 is 29.1 Å². The minimum absolute atomic E-state index is 0.0283. The lowest BCUT2D eigenvalue weighted by atomic mass is 10.1. The van der Waals surface area contributed by atoms with E-state index in [4.69, 9.17) is 33.7 Å². The fourth-order valence-corrected chi connectivity index (χ4v) is 3.18. The number of ether oxygens (including phenoxy) is 1. The van der Waals surface area contributed by atoms with Crippen LogP contribution >= 0.6 is 23.2 Å². The first-order valence-electron chi connectivity index (χ1n) is 8.47. The summed E-state index contributed by atoms with van der Waals surface area (Å²) in [6, 6.07) is 9.52. The zero-order chi connectivity index (χ0) is 21.8. The molecule has 150 valence electrons. The van der Waals surface area contributed by atoms with Crippen LogP contribution in [-0.4, -0.2) is 15.5 Å². The SMILES string of the molecule is CC#Cc1cc(C#N)cc(Oc2c(Cl)ccc(Cn3cnc(Cl)c3C(N)=O)c2F)c1. The van der Waals surface area contributed by atoms with E-state index in [1.165, 1.54) is 29.1 Å². The molecule has 0 spiro atoms. The molecule has 1 amide bonds. The molecule has 1 heterocycles. The Morgan fingerprint density at radius 3 is 2.70 bits per heavy atom. The van der Waals surface area contributed by atoms with E-state index < -0.39 is 11.7 Å². The fraction of sp³-hybridized carbons (Fsp3) is 0.0952. The number of nitriles is 1. The number of imidazole rings is 1. The van der Waals surface area contributed by atoms with Gasteiger partial charge in [-0.05, 0) is 31.2 Å². The Morgan fingerprint density at radius 1 is 1.30 bits per heavy atom. The quantitative estimate of drug-likeness (QED) is 0.587. The molecule has 2 N–H and O–H groups in total. The molecule has 2 aromatic carbocycles. The van der Waals surface area contributed by atoms with Gasteiger partial charge in [-0.3, -0.25) is 4.79 Å². The number of hydrogen-bond acceptors (Lipinski definition) is 4. The Bertz CT molecular complexity index is 1250. The number of nitrogens with zero attached hydrogens (tertiary/aromatic N) is 3. The van der Waals surface area contributed by atoms with Crippen LogP contribution in [0.2, 0.25) is 10.2 Å². The molecular weight excluding hydrogens is 430 g/mol. The van der Waals surface area contributed by atoms with Crippen molar-refractivity contribution in [1.29, 1.82) is 5.26 Å². The van der Waals surface area contributed by atoms with E-state index in [9.17, 15) is 10.1 Å². The van der Waals surface area contributed by atoms with Crippen LogP contribution in [0.5, 0.6) is 11.5 Å². The maximum atomic E-state index is 15.2. The van der Waals surface area contributed by atoms with E-state index in [0.29, 0.717) is 11.1 Å². The van der Waals surface area contributed by atoms with Crippen LogP contribution in [0, 0.1) is 29.0 Å². The first-order valence-corrected chi connectivity index (χ1v) is 9.22. The second-order valence-electron chi connectivity index (χ2n) is 6.06. The lowest BCUT2D eigenvalue weighted by Gasteiger charge is -2.13. The second kappa shape index (κ2) is 8.87. The smallest absolute Gasteiger partial charge is 0.268 e. The van der Waals surface area contributed by atoms with Gasteiger partial charge in [0.25, 0.3) is 5.91 Å². The van der Waals surface area contributed by atoms with Crippen LogP contribution in [0.4, 0.5) is 4.39 Å². The molecule has 0 aliphatic carbocycles. The summed E-state index contributed by atoms with van der Waals surface area (Å²) >= 11 is 12.0. The van der Waals surface area contributed by atoms with Crippen molar-refractivity contribution in [3.63, 3.8) is 0 Å². The van der Waals surface area contributed by atoms with E-state index in [2.05, 4.69) is 16.8 Å². The van der Waals surface area contributed by atoms with Gasteiger partial charge in [-0.1, -0.05) is 35.2 Å². The summed E-state index contributed by atoms with van der Waals surface area (Å²) in [4.78, 5) is 15.4. The van der Waals surface area contributed by atoms with Crippen molar-refractivity contribution < 1.29 is 13.9 Å². The molecule has 6 nitrogen and oxygen atoms in total. The summed E-state index contributed by atoms with van der Waals surface area (Å²) in [5, 5.41) is 9.15. The van der Waals surface area contributed by atoms with Gasteiger partial charge in [0.2, 0.25) is 0 Å². The summed E-state index contributed by atoms with van der Waals surface area (Å²) < 4.78 is 22.2. The Morgan fingerprint density at radius 2 is 2.03 bits per heavy atom. The number of halogens is 3. The fourth-order valence-electron chi connectivity index (χ4n) is 2.75. The number of aromatic nitrogens is 2. The predicted molar refractivity (Wildman–Crippen MR) is 110 cm³/mol. The highest BCUT2D eigenvalue weighted by Gasteiger charge is 2.19. The molecule has 0 saturated heterocycles. The third-order valence-corrected chi connectivity index (χ3v) is 4.60. The van der Waals surface area contributed by atoms with Crippen molar-refractivity contribution in [2.24, 2.45) is 5.73 Å². The average Bonchev–Trinajstić information content (AvgIpc) is 3.07. The number of primary amides is 1. The van der Waals surface area contributed by atoms with Gasteiger partial charge in [0, 0.05) is 11.1 Å². The van der Waals surface area contributed by atoms with Crippen molar-refractivity contribution in [1.82, 2.24) is 9.55 Å². The highest BCUT2D eigenvalue weighted by molar-refractivity contribution is 6.32. The minimum atomic E-state index is -0.791. The summed E-state index contributed by atoms with van der Waals surface area (Å²) in [5.41, 5.74) is 6.28. The summed E-state index contributed by atoms with van der Waals surface area (Å²) in [7, 11) is 0. The molecule has 0 aliphatic heterocycles. The van der Waals surface area contributed by atoms with Gasteiger partial charge in [-0.25, -0.2) is 9.37 Å². The van der Waals surface area contributed by atoms with E-state index in [0.717, 1.165) is 0 Å². The number of hydrogen-bond donors (Lipinski definition) is 1. The van der Waals surface area contributed by atoms with Crippen LogP contribution in [0.15, 0.2) is 36.7 Å². The maximum Gasteiger partial charge on any atom is 0.268 e. The first kappa shape index (κ1) is 21.2. The number of rotatable bonds is 5. The molecule has 0 aliphatic rings. The zero-order valence-corrected chi connectivity index (χ0v) is 17.1. The molecule has 0 bridgehead atoms. The molecule has 9 heteroatoms. The maximum absolute atomic E-state index is 15.2. The third kappa shape index (κ3) is 4.38. The normalized spacial score (nSPS) is 10.1. The van der Waals surface area contributed by atoms with Crippen LogP contribution < -0.4 is 10.5 Å². The lowest BCUT2D eigenvalue weighted by molar-refractivity contribution is 0.0992. The lowest BCUT2D eigenvalue weighted by Crippen LogP contribution is -2.18. The van der Waals surface area contributed by atoms with Gasteiger partial charge < -0.3 is 15.0 Å². The van der Waals surface area contributed by atoms with Crippen LogP contribution in [0.1, 0.15) is 34.1 Å². The molecule has 0 unspecified atom stereocenters. The topological polar surface area (TPSA) is 93.9 Å². The molecule has 3 rings (SSSR count). The van der Waals surface area contributed by atoms with E-state index in [1.807, 2.05) is 6.07 Å². The van der Waals surface area contributed by atoms with Gasteiger partial charge >= 0.3 is 0 Å². The summed E-state index contributed by atoms with van der Waals surface area (Å²) in [6.07, 6.45) is 1.28. The van der Waals surface area contributed by atoms with Crippen LogP contribution in [-0.2, 0) is 6.54 Å². The number of carbonyl (C=O) groups excluding carboxylic acids is 1. The Kier molecular flexibility index (Phi) is 6.27. The van der Waals surface area contributed by atoms with E-state index >= 15 is 4.39 Å². The highest BCUT2D eigenvalue weighted by Crippen LogP contribution is 2.35. The van der Waals surface area contributed by atoms with Gasteiger partial charge in [-0.2, -0.15) is 5.26 Å². The molecule has 0 fully saturated rings. The van der Waals surface area contributed by atoms with Gasteiger partial charge in [0.1, 0.15) is 11.4 Å². The van der Waals surface area contributed by atoms with Crippen LogP contribution in [0.3, 0.4) is 0 Å². The monoisotopic (exact) mass is 442 g/mol. The number of nitrogens with two attached hydrogens (primary N) is 1. The largest absolute Gasteiger partial charge is 0.453 e. The minimum Gasteiger partial charge on any atom is -0.453 e. The molecular formula is C21H13Cl2FN4O2. The molecule has 0 saturated carbocycles. The standard InChI is InChI=1S/C21H13Cl2FN4O2/c1-2-3-12-6-13(9-25)8-15(7-12)30-19-16(22)5-4-14(17(19)24)10-28-11-27-20(23)18(28)21(26)29/h4-8,11H,10H2,1H3,(H2,26,29). The highest BCUT2D eigenvalue weighted by atomic mass is 35.5. The van der Waals surface area contributed by atoms with Crippen molar-refractivity contribution in [2.45, 2.75) is 13.5 Å². The summed E-state index contributed by atoms with van der Waals surface area (Å²) in [6.45, 7) is 1.57. The predicted octanol–water partition coefficient (Wildman–Crippen LogP) is 4.51. The third-order valence-electron chi connectivity index (χ3n) is 4.02. The number of amides is 1. The van der Waals surface area contributed by atoms with E-state index in [-0.39, 0.29) is 39.5 Å². The molecule has 30 heavy (non-hydrogen) atoms. The van der Waals surface area contributed by atoms with Crippen molar-refractivity contribution in [3.05, 3.63) is 75.0 Å². The van der Waals surface area contributed by atoms with Gasteiger partial charge in [0.05, 0.1) is 29.5 Å². The van der Waals surface area contributed by atoms with E-state index in [1.54, 1.807) is 19.1 Å².